The average molecular weight is 385 g/mol. The van der Waals surface area contributed by atoms with Crippen molar-refractivity contribution in [3.05, 3.63) is 65.7 Å². The van der Waals surface area contributed by atoms with Crippen LogP contribution in [0.5, 0.6) is 0 Å². The smallest absolute Gasteiger partial charge is 0.339 e. The molecular formula is C20H19NO5S. The van der Waals surface area contributed by atoms with Gasteiger partial charge >= 0.3 is 11.9 Å². The molecule has 0 aromatic heterocycles. The van der Waals surface area contributed by atoms with Gasteiger partial charge < -0.3 is 14.8 Å². The Balaban J connectivity index is 1.87. The van der Waals surface area contributed by atoms with Crippen LogP contribution in [0.3, 0.4) is 0 Å². The zero-order valence-electron chi connectivity index (χ0n) is 14.9. The largest absolute Gasteiger partial charge is 0.465 e. The van der Waals surface area contributed by atoms with Gasteiger partial charge in [0.1, 0.15) is 0 Å². The van der Waals surface area contributed by atoms with Crippen LogP contribution in [0.15, 0.2) is 59.5 Å². The van der Waals surface area contributed by atoms with Gasteiger partial charge in [-0.3, -0.25) is 4.79 Å². The lowest BCUT2D eigenvalue weighted by Crippen LogP contribution is -2.21. The maximum Gasteiger partial charge on any atom is 0.339 e. The van der Waals surface area contributed by atoms with E-state index in [0.717, 1.165) is 10.5 Å². The molecule has 0 unspecified atom stereocenters. The lowest BCUT2D eigenvalue weighted by molar-refractivity contribution is -0.142. The van der Waals surface area contributed by atoms with Crippen molar-refractivity contribution in [3.63, 3.8) is 0 Å². The van der Waals surface area contributed by atoms with Gasteiger partial charge in [0, 0.05) is 11.0 Å². The van der Waals surface area contributed by atoms with Crippen molar-refractivity contribution in [1.29, 1.82) is 0 Å². The summed E-state index contributed by atoms with van der Waals surface area (Å²) in [6.45, 7) is -0.468. The van der Waals surface area contributed by atoms with Crippen LogP contribution in [-0.4, -0.2) is 37.8 Å². The third-order valence-electron chi connectivity index (χ3n) is 3.48. The molecule has 0 aliphatic heterocycles. The van der Waals surface area contributed by atoms with E-state index >= 15 is 0 Å². The van der Waals surface area contributed by atoms with E-state index in [0.29, 0.717) is 0 Å². The van der Waals surface area contributed by atoms with Crippen LogP contribution < -0.4 is 5.32 Å². The molecule has 1 N–H and O–H groups in total. The highest BCUT2D eigenvalue weighted by Crippen LogP contribution is 2.16. The van der Waals surface area contributed by atoms with Crippen molar-refractivity contribution in [1.82, 2.24) is 0 Å². The molecule has 0 aliphatic rings. The molecule has 2 aromatic rings. The lowest BCUT2D eigenvalue weighted by atomic mass is 10.2. The predicted molar refractivity (Wildman–Crippen MR) is 105 cm³/mol. The fourth-order valence-electron chi connectivity index (χ4n) is 2.13. The summed E-state index contributed by atoms with van der Waals surface area (Å²) < 4.78 is 9.57. The number of carbonyl (C=O) groups is 3. The molecule has 2 rings (SSSR count). The number of carbonyl (C=O) groups excluding carboxylic acids is 3. The Bertz CT molecular complexity index is 846. The molecule has 2 aromatic carbocycles. The molecule has 0 saturated carbocycles. The summed E-state index contributed by atoms with van der Waals surface area (Å²) in [5, 5.41) is 2.52. The fourth-order valence-corrected chi connectivity index (χ4v) is 2.54. The molecule has 0 spiro atoms. The third kappa shape index (κ3) is 6.31. The molecule has 140 valence electrons. The van der Waals surface area contributed by atoms with Gasteiger partial charge in [-0.25, -0.2) is 9.59 Å². The van der Waals surface area contributed by atoms with E-state index in [2.05, 4.69) is 10.1 Å². The zero-order chi connectivity index (χ0) is 19.6. The molecule has 0 heterocycles. The minimum atomic E-state index is -0.639. The van der Waals surface area contributed by atoms with Crippen molar-refractivity contribution in [2.75, 3.05) is 25.3 Å². The predicted octanol–water partition coefficient (Wildman–Crippen LogP) is 3.39. The van der Waals surface area contributed by atoms with E-state index in [4.69, 9.17) is 4.74 Å². The Morgan fingerprint density at radius 1 is 1.07 bits per heavy atom. The molecule has 0 radical (unpaired) electrons. The molecule has 0 saturated heterocycles. The molecule has 0 aliphatic carbocycles. The summed E-state index contributed by atoms with van der Waals surface area (Å²) >= 11 is 1.63. The number of para-hydroxylation sites is 1. The lowest BCUT2D eigenvalue weighted by Gasteiger charge is -2.09. The molecule has 6 nitrogen and oxygen atoms in total. The Hall–Kier alpha value is -3.06. The molecule has 0 bridgehead atoms. The van der Waals surface area contributed by atoms with Crippen LogP contribution >= 0.6 is 11.8 Å². The van der Waals surface area contributed by atoms with Gasteiger partial charge in [-0.05, 0) is 42.2 Å². The van der Waals surface area contributed by atoms with Crippen molar-refractivity contribution in [2.45, 2.75) is 4.90 Å². The average Bonchev–Trinajstić information content (AvgIpc) is 2.71. The van der Waals surface area contributed by atoms with Gasteiger partial charge in [0.05, 0.1) is 18.4 Å². The van der Waals surface area contributed by atoms with E-state index < -0.39 is 24.5 Å². The number of thioether (sulfide) groups is 1. The number of nitrogens with one attached hydrogen (secondary N) is 1. The first-order valence-corrected chi connectivity index (χ1v) is 9.22. The normalized spacial score (nSPS) is 10.4. The summed E-state index contributed by atoms with van der Waals surface area (Å²) in [7, 11) is 1.25. The summed E-state index contributed by atoms with van der Waals surface area (Å²) in [6.07, 6.45) is 4.84. The topological polar surface area (TPSA) is 81.7 Å². The van der Waals surface area contributed by atoms with Crippen LogP contribution in [-0.2, 0) is 19.1 Å². The second-order valence-corrected chi connectivity index (χ2v) is 6.18. The molecule has 7 heteroatoms. The summed E-state index contributed by atoms with van der Waals surface area (Å²) in [6, 6.07) is 14.1. The SMILES string of the molecule is COC(=O)c1ccccc1NC(=O)COC(=O)/C=C/c1ccc(SC)cc1. The van der Waals surface area contributed by atoms with Crippen LogP contribution in [0.1, 0.15) is 15.9 Å². The highest BCUT2D eigenvalue weighted by Gasteiger charge is 2.13. The number of benzene rings is 2. The Labute approximate surface area is 161 Å². The second kappa shape index (κ2) is 10.2. The monoisotopic (exact) mass is 385 g/mol. The fraction of sp³-hybridized carbons (Fsp3) is 0.150. The van der Waals surface area contributed by atoms with E-state index in [1.165, 1.54) is 19.3 Å². The standard InChI is InChI=1S/C20H19NO5S/c1-25-20(24)16-5-3-4-6-17(16)21-18(22)13-26-19(23)12-9-14-7-10-15(27-2)11-8-14/h3-12H,13H2,1-2H3,(H,21,22)/b12-9+. The van der Waals surface area contributed by atoms with Gasteiger partial charge in [-0.15, -0.1) is 11.8 Å². The van der Waals surface area contributed by atoms with E-state index in [-0.39, 0.29) is 11.3 Å². The number of methoxy groups -OCH3 is 1. The van der Waals surface area contributed by atoms with Crippen LogP contribution in [0.2, 0.25) is 0 Å². The Kier molecular flexibility index (Phi) is 7.63. The minimum Gasteiger partial charge on any atom is -0.465 e. The maximum atomic E-state index is 12.0. The number of hydrogen-bond acceptors (Lipinski definition) is 6. The maximum absolute atomic E-state index is 12.0. The Morgan fingerprint density at radius 2 is 1.78 bits per heavy atom. The molecule has 0 fully saturated rings. The first-order chi connectivity index (χ1) is 13.0. The highest BCUT2D eigenvalue weighted by molar-refractivity contribution is 7.98. The van der Waals surface area contributed by atoms with Gasteiger partial charge in [0.2, 0.25) is 0 Å². The van der Waals surface area contributed by atoms with Crippen molar-refractivity contribution in [2.24, 2.45) is 0 Å². The number of ether oxygens (including phenoxy) is 2. The van der Waals surface area contributed by atoms with Crippen molar-refractivity contribution in [3.8, 4) is 0 Å². The van der Waals surface area contributed by atoms with Crippen LogP contribution in [0, 0.1) is 0 Å². The molecular weight excluding hydrogens is 366 g/mol. The van der Waals surface area contributed by atoms with Gasteiger partial charge in [-0.1, -0.05) is 24.3 Å². The molecule has 27 heavy (non-hydrogen) atoms. The summed E-state index contributed by atoms with van der Waals surface area (Å²) in [5.41, 5.74) is 1.35. The highest BCUT2D eigenvalue weighted by atomic mass is 32.2. The Morgan fingerprint density at radius 3 is 2.44 bits per heavy atom. The van der Waals surface area contributed by atoms with Crippen molar-refractivity contribution >= 4 is 41.4 Å². The second-order valence-electron chi connectivity index (χ2n) is 5.30. The summed E-state index contributed by atoms with van der Waals surface area (Å²) in [5.74, 6) is -1.77. The first-order valence-electron chi connectivity index (χ1n) is 7.99. The van der Waals surface area contributed by atoms with E-state index in [1.807, 2.05) is 30.5 Å². The van der Waals surface area contributed by atoms with Crippen molar-refractivity contribution < 1.29 is 23.9 Å². The van der Waals surface area contributed by atoms with E-state index in [9.17, 15) is 14.4 Å². The van der Waals surface area contributed by atoms with Gasteiger partial charge in [-0.2, -0.15) is 0 Å². The first kappa shape index (κ1) is 20.3. The molecule has 1 amide bonds. The number of esters is 2. The number of rotatable bonds is 7. The summed E-state index contributed by atoms with van der Waals surface area (Å²) in [4.78, 5) is 36.5. The van der Waals surface area contributed by atoms with Gasteiger partial charge in [0.15, 0.2) is 6.61 Å². The zero-order valence-corrected chi connectivity index (χ0v) is 15.7. The molecule has 0 atom stereocenters. The van der Waals surface area contributed by atoms with E-state index in [1.54, 1.807) is 36.0 Å². The van der Waals surface area contributed by atoms with Crippen LogP contribution in [0.4, 0.5) is 5.69 Å². The number of hydrogen-bond donors (Lipinski definition) is 1. The van der Waals surface area contributed by atoms with Crippen LogP contribution in [0.25, 0.3) is 6.08 Å². The quantitative estimate of drug-likeness (QED) is 0.447. The number of anilines is 1. The number of amides is 1. The third-order valence-corrected chi connectivity index (χ3v) is 4.22. The minimum absolute atomic E-state index is 0.216. The van der Waals surface area contributed by atoms with Gasteiger partial charge in [0.25, 0.3) is 5.91 Å².